The summed E-state index contributed by atoms with van der Waals surface area (Å²) in [6, 6.07) is 0. The number of hydrogen-bond acceptors (Lipinski definition) is 2. The Labute approximate surface area is 40.6 Å². The molecule has 3 nitrogen and oxygen atoms in total. The van der Waals surface area contributed by atoms with Gasteiger partial charge in [-0.25, -0.2) is 4.21 Å². The van der Waals surface area contributed by atoms with Crippen molar-refractivity contribution in [3.8, 4) is 0 Å². The van der Waals surface area contributed by atoms with Crippen molar-refractivity contribution in [1.82, 2.24) is 0 Å². The first-order valence-electron chi connectivity index (χ1n) is 0.752. The maximum absolute atomic E-state index is 9.24. The van der Waals surface area contributed by atoms with Crippen molar-refractivity contribution in [2.45, 2.75) is 0 Å². The van der Waals surface area contributed by atoms with Gasteiger partial charge >= 0.3 is 16.6 Å². The minimum absolute atomic E-state index is 1.64. The van der Waals surface area contributed by atoms with Gasteiger partial charge in [0.2, 0.25) is 0 Å². The molecule has 0 aliphatic carbocycles. The first-order valence-corrected chi connectivity index (χ1v) is 2.25. The normalized spacial score (nSPS) is 14.6. The Morgan fingerprint density at radius 3 is 2.20 bits per heavy atom. The molecule has 5 heavy (non-hydrogen) atoms. The third kappa shape index (κ3) is 4.60. The SMILES string of the molecule is O=S(O)[O][Al]. The van der Waals surface area contributed by atoms with Crippen molar-refractivity contribution in [2.75, 3.05) is 0 Å². The van der Waals surface area contributed by atoms with Crippen LogP contribution in [-0.2, 0) is 14.6 Å². The lowest BCUT2D eigenvalue weighted by atomic mass is 15.8. The Hall–Kier alpha value is 0.602. The minimum Gasteiger partial charge on any atom is -0.421 e. The van der Waals surface area contributed by atoms with Gasteiger partial charge in [-0.2, -0.15) is 0 Å². The lowest BCUT2D eigenvalue weighted by Gasteiger charge is -1.79. The van der Waals surface area contributed by atoms with Gasteiger partial charge in [-0.1, -0.05) is 0 Å². The molecule has 28 valence electrons. The average molecular weight is 108 g/mol. The molecule has 5 heteroatoms. The lowest BCUT2D eigenvalue weighted by molar-refractivity contribution is 0.476. The van der Waals surface area contributed by atoms with Crippen molar-refractivity contribution in [3.05, 3.63) is 0 Å². The van der Waals surface area contributed by atoms with Crippen LogP contribution in [0.5, 0.6) is 0 Å². The molecule has 0 rings (SSSR count). The summed E-state index contributed by atoms with van der Waals surface area (Å²) >= 11 is -0.465. The maximum atomic E-state index is 9.24. The molecule has 0 saturated carbocycles. The average Bonchev–Trinajstić information content (AvgIpc) is 1.38. The van der Waals surface area contributed by atoms with E-state index in [1.165, 1.54) is 0 Å². The first kappa shape index (κ1) is 5.60. The van der Waals surface area contributed by atoms with Crippen LogP contribution < -0.4 is 0 Å². The molecule has 0 aromatic carbocycles. The highest BCUT2D eigenvalue weighted by atomic mass is 32.2. The molecule has 0 heterocycles. The highest BCUT2D eigenvalue weighted by Crippen LogP contribution is 1.62. The summed E-state index contributed by atoms with van der Waals surface area (Å²) in [5.41, 5.74) is 0. The van der Waals surface area contributed by atoms with Gasteiger partial charge in [-0.15, -0.1) is 0 Å². The Bertz CT molecular complexity index is 42.2. The van der Waals surface area contributed by atoms with Crippen LogP contribution in [0.2, 0.25) is 0 Å². The molecule has 1 N–H and O–H groups in total. The highest BCUT2D eigenvalue weighted by Gasteiger charge is 1.74. The fourth-order valence-corrected chi connectivity index (χ4v) is 0. The van der Waals surface area contributed by atoms with E-state index in [9.17, 15) is 4.21 Å². The van der Waals surface area contributed by atoms with Gasteiger partial charge in [0, 0.05) is 0 Å². The standard InChI is InChI=1S/Al.H2O3S/c;1-4(2)3/h;(H2,1,2,3)/q+1;/p-1. The van der Waals surface area contributed by atoms with Crippen molar-refractivity contribution >= 4 is 28.0 Å². The zero-order chi connectivity index (χ0) is 4.28. The summed E-state index contributed by atoms with van der Waals surface area (Å²) in [5.74, 6) is 0. The van der Waals surface area contributed by atoms with E-state index >= 15 is 0 Å². The van der Waals surface area contributed by atoms with Gasteiger partial charge in [0.15, 0.2) is 0 Å². The second kappa shape index (κ2) is 2.82. The van der Waals surface area contributed by atoms with E-state index in [1.54, 1.807) is 16.6 Å². The summed E-state index contributed by atoms with van der Waals surface area (Å²) in [5, 5.41) is 0. The molecule has 0 aromatic heterocycles. The van der Waals surface area contributed by atoms with Gasteiger partial charge in [0.25, 0.3) is 11.4 Å². The molecular formula is HAlO3S. The van der Waals surface area contributed by atoms with Gasteiger partial charge in [-0.3, -0.25) is 4.55 Å². The molecule has 1 unspecified atom stereocenters. The molecule has 0 amide bonds. The minimum atomic E-state index is -2.11. The number of hydrogen-bond donors (Lipinski definition) is 1. The van der Waals surface area contributed by atoms with E-state index in [0.717, 1.165) is 0 Å². The molecule has 0 spiro atoms. The quantitative estimate of drug-likeness (QED) is 0.354. The van der Waals surface area contributed by atoms with Gasteiger partial charge in [-0.05, 0) is 0 Å². The Morgan fingerprint density at radius 1 is 2.00 bits per heavy atom. The summed E-state index contributed by atoms with van der Waals surface area (Å²) in [6.07, 6.45) is 0. The predicted molar refractivity (Wildman–Crippen MR) is 17.6 cm³/mol. The molecule has 0 fully saturated rings. The Morgan fingerprint density at radius 2 is 2.20 bits per heavy atom. The topological polar surface area (TPSA) is 46.5 Å². The summed E-state index contributed by atoms with van der Waals surface area (Å²) in [4.78, 5) is 0. The fourth-order valence-electron chi connectivity index (χ4n) is 0. The third-order valence-electron chi connectivity index (χ3n) is 0.0823. The molecule has 0 aliphatic heterocycles. The molecule has 2 radical (unpaired) electrons. The van der Waals surface area contributed by atoms with Crippen LogP contribution in [0, 0.1) is 0 Å². The molecule has 0 saturated heterocycles. The van der Waals surface area contributed by atoms with E-state index in [4.69, 9.17) is 4.55 Å². The van der Waals surface area contributed by atoms with Crippen molar-refractivity contribution in [3.63, 3.8) is 0 Å². The van der Waals surface area contributed by atoms with Gasteiger partial charge in [0.1, 0.15) is 0 Å². The van der Waals surface area contributed by atoms with Crippen LogP contribution in [0.3, 0.4) is 0 Å². The van der Waals surface area contributed by atoms with Crippen molar-refractivity contribution < 1.29 is 12.0 Å². The van der Waals surface area contributed by atoms with Crippen LogP contribution in [0.15, 0.2) is 0 Å². The van der Waals surface area contributed by atoms with Crippen LogP contribution in [0.25, 0.3) is 0 Å². The monoisotopic (exact) mass is 108 g/mol. The molecule has 1 atom stereocenters. The maximum Gasteiger partial charge on any atom is 0.404 e. The zero-order valence-corrected chi connectivity index (χ0v) is 4.22. The highest BCUT2D eigenvalue weighted by molar-refractivity contribution is 7.74. The van der Waals surface area contributed by atoms with Crippen molar-refractivity contribution in [1.29, 1.82) is 0 Å². The fraction of sp³-hybridized carbons (Fsp3) is 0. The molecular weight excluding hydrogens is 107 g/mol. The second-order valence-corrected chi connectivity index (χ2v) is 1.52. The van der Waals surface area contributed by atoms with Crippen LogP contribution >= 0.6 is 0 Å². The van der Waals surface area contributed by atoms with E-state index in [-0.39, 0.29) is 0 Å². The number of rotatable bonds is 1. The van der Waals surface area contributed by atoms with E-state index < -0.39 is 11.4 Å². The summed E-state index contributed by atoms with van der Waals surface area (Å²) < 4.78 is 20.5. The van der Waals surface area contributed by atoms with Gasteiger partial charge in [0.05, 0.1) is 0 Å². The third-order valence-corrected chi connectivity index (χ3v) is 0.741. The summed E-state index contributed by atoms with van der Waals surface area (Å²) in [6.45, 7) is 0. The first-order chi connectivity index (χ1) is 2.27. The van der Waals surface area contributed by atoms with Crippen molar-refractivity contribution in [2.24, 2.45) is 0 Å². The predicted octanol–water partition coefficient (Wildman–Crippen LogP) is -0.777. The molecule has 0 aromatic rings. The van der Waals surface area contributed by atoms with E-state index in [2.05, 4.69) is 3.23 Å². The molecule has 0 aliphatic rings. The second-order valence-electron chi connectivity index (χ2n) is 0.313. The van der Waals surface area contributed by atoms with Gasteiger partial charge < -0.3 is 3.23 Å². The van der Waals surface area contributed by atoms with Crippen LogP contribution in [0.1, 0.15) is 0 Å². The van der Waals surface area contributed by atoms with E-state index in [0.29, 0.717) is 0 Å². The molecule has 0 bridgehead atoms. The van der Waals surface area contributed by atoms with E-state index in [1.807, 2.05) is 0 Å². The van der Waals surface area contributed by atoms with Crippen LogP contribution in [0.4, 0.5) is 0 Å². The largest absolute Gasteiger partial charge is 0.421 e. The Kier molecular flexibility index (Phi) is 3.16. The smallest absolute Gasteiger partial charge is 0.404 e. The Balaban J connectivity index is 2.85. The lowest BCUT2D eigenvalue weighted by Crippen LogP contribution is -1.86. The summed E-state index contributed by atoms with van der Waals surface area (Å²) in [7, 11) is 0. The zero-order valence-electron chi connectivity index (χ0n) is 2.25. The van der Waals surface area contributed by atoms with Crippen LogP contribution in [-0.4, -0.2) is 25.4 Å².